The second-order valence-electron chi connectivity index (χ2n) is 5.96. The molecular weight excluding hydrogens is 271 g/mol. The molecule has 1 aromatic rings. The maximum atomic E-state index is 14.0. The Kier molecular flexibility index (Phi) is 3.25. The van der Waals surface area contributed by atoms with Crippen LogP contribution in [0.4, 0.5) is 10.1 Å². The number of anilines is 1. The van der Waals surface area contributed by atoms with Gasteiger partial charge in [0.15, 0.2) is 0 Å². The number of imide groups is 1. The molecule has 0 radical (unpaired) electrons. The van der Waals surface area contributed by atoms with Crippen molar-refractivity contribution in [3.8, 4) is 6.07 Å². The monoisotopic (exact) mass is 286 g/mol. The maximum absolute atomic E-state index is 14.0. The molecule has 1 saturated carbocycles. The molecule has 0 atom stereocenters. The second kappa shape index (κ2) is 4.96. The van der Waals surface area contributed by atoms with Gasteiger partial charge in [-0.05, 0) is 36.5 Å². The van der Waals surface area contributed by atoms with Crippen LogP contribution in [0.15, 0.2) is 18.2 Å². The minimum atomic E-state index is -0.710. The summed E-state index contributed by atoms with van der Waals surface area (Å²) in [5.41, 5.74) is -0.0782. The summed E-state index contributed by atoms with van der Waals surface area (Å²) in [5.74, 6) is -1.38. The van der Waals surface area contributed by atoms with Crippen LogP contribution in [0.5, 0.6) is 0 Å². The molecule has 0 unspecified atom stereocenters. The molecule has 1 aromatic carbocycles. The first-order chi connectivity index (χ1) is 10.0. The minimum Gasteiger partial charge on any atom is -0.274 e. The molecule has 108 valence electrons. The molecule has 2 amide bonds. The van der Waals surface area contributed by atoms with Gasteiger partial charge in [-0.15, -0.1) is 0 Å². The van der Waals surface area contributed by atoms with Gasteiger partial charge in [0, 0.05) is 12.8 Å². The SMILES string of the molecule is N#Cc1ccc(N2C(=O)CC3(CCCC3)CC2=O)c(F)c1. The van der Waals surface area contributed by atoms with E-state index in [0.717, 1.165) is 36.6 Å². The molecule has 0 bridgehead atoms. The predicted octanol–water partition coefficient (Wildman–Crippen LogP) is 2.91. The Balaban J connectivity index is 1.92. The number of hydrogen-bond acceptors (Lipinski definition) is 3. The lowest BCUT2D eigenvalue weighted by molar-refractivity contribution is -0.133. The number of amides is 2. The van der Waals surface area contributed by atoms with E-state index in [2.05, 4.69) is 0 Å². The number of piperidine rings is 1. The van der Waals surface area contributed by atoms with Crippen LogP contribution in [0, 0.1) is 22.6 Å². The summed E-state index contributed by atoms with van der Waals surface area (Å²) in [7, 11) is 0. The van der Waals surface area contributed by atoms with Crippen LogP contribution in [0.25, 0.3) is 0 Å². The van der Waals surface area contributed by atoms with Gasteiger partial charge in [-0.1, -0.05) is 12.8 Å². The fourth-order valence-electron chi connectivity index (χ4n) is 3.51. The Bertz CT molecular complexity index is 637. The smallest absolute Gasteiger partial charge is 0.234 e. The van der Waals surface area contributed by atoms with E-state index in [0.29, 0.717) is 12.8 Å². The summed E-state index contributed by atoms with van der Waals surface area (Å²) in [6.07, 6.45) is 4.50. The third-order valence-electron chi connectivity index (χ3n) is 4.53. The van der Waals surface area contributed by atoms with Crippen molar-refractivity contribution in [1.82, 2.24) is 0 Å². The molecule has 1 heterocycles. The number of carbonyl (C=O) groups excluding carboxylic acids is 2. The fraction of sp³-hybridized carbons (Fsp3) is 0.438. The van der Waals surface area contributed by atoms with Gasteiger partial charge in [-0.2, -0.15) is 5.26 Å². The number of benzene rings is 1. The number of nitrogens with zero attached hydrogens (tertiary/aromatic N) is 2. The van der Waals surface area contributed by atoms with Crippen LogP contribution in [0.3, 0.4) is 0 Å². The first kappa shape index (κ1) is 13.7. The number of rotatable bonds is 1. The van der Waals surface area contributed by atoms with Crippen LogP contribution < -0.4 is 4.90 Å². The highest BCUT2D eigenvalue weighted by atomic mass is 19.1. The fourth-order valence-corrected chi connectivity index (χ4v) is 3.51. The molecule has 1 spiro atoms. The molecule has 2 aliphatic rings. The van der Waals surface area contributed by atoms with Crippen molar-refractivity contribution < 1.29 is 14.0 Å². The van der Waals surface area contributed by atoms with E-state index >= 15 is 0 Å². The van der Waals surface area contributed by atoms with E-state index in [1.54, 1.807) is 0 Å². The van der Waals surface area contributed by atoms with E-state index in [1.165, 1.54) is 12.1 Å². The second-order valence-corrected chi connectivity index (χ2v) is 5.96. The molecule has 5 heteroatoms. The summed E-state index contributed by atoms with van der Waals surface area (Å²) < 4.78 is 14.0. The zero-order valence-electron chi connectivity index (χ0n) is 11.6. The first-order valence-electron chi connectivity index (χ1n) is 7.10. The molecule has 1 saturated heterocycles. The largest absolute Gasteiger partial charge is 0.274 e. The van der Waals surface area contributed by atoms with Gasteiger partial charge < -0.3 is 0 Å². The topological polar surface area (TPSA) is 61.2 Å². The number of carbonyl (C=O) groups is 2. The summed E-state index contributed by atoms with van der Waals surface area (Å²) in [5, 5.41) is 8.74. The molecule has 1 aliphatic heterocycles. The van der Waals surface area contributed by atoms with Crippen molar-refractivity contribution in [2.45, 2.75) is 38.5 Å². The predicted molar refractivity (Wildman–Crippen MR) is 73.7 cm³/mol. The average molecular weight is 286 g/mol. The van der Waals surface area contributed by atoms with E-state index in [1.807, 2.05) is 6.07 Å². The Hall–Kier alpha value is -2.22. The molecule has 4 nitrogen and oxygen atoms in total. The van der Waals surface area contributed by atoms with Crippen LogP contribution in [0.1, 0.15) is 44.1 Å². The zero-order valence-corrected chi connectivity index (χ0v) is 11.6. The average Bonchev–Trinajstić information content (AvgIpc) is 2.87. The normalized spacial score (nSPS) is 20.9. The molecule has 3 rings (SSSR count). The van der Waals surface area contributed by atoms with Gasteiger partial charge in [-0.25, -0.2) is 9.29 Å². The summed E-state index contributed by atoms with van der Waals surface area (Å²) >= 11 is 0. The van der Waals surface area contributed by atoms with Crippen LogP contribution in [-0.2, 0) is 9.59 Å². The lowest BCUT2D eigenvalue weighted by atomic mass is 9.76. The van der Waals surface area contributed by atoms with E-state index in [4.69, 9.17) is 5.26 Å². The van der Waals surface area contributed by atoms with Crippen molar-refractivity contribution in [3.05, 3.63) is 29.6 Å². The number of hydrogen-bond donors (Lipinski definition) is 0. The number of nitriles is 1. The van der Waals surface area contributed by atoms with Crippen molar-refractivity contribution in [3.63, 3.8) is 0 Å². The summed E-state index contributed by atoms with van der Waals surface area (Å²) in [4.78, 5) is 25.6. The maximum Gasteiger partial charge on any atom is 0.234 e. The molecule has 1 aliphatic carbocycles. The first-order valence-corrected chi connectivity index (χ1v) is 7.10. The van der Waals surface area contributed by atoms with Gasteiger partial charge in [0.1, 0.15) is 5.82 Å². The number of halogens is 1. The third kappa shape index (κ3) is 2.31. The highest BCUT2D eigenvalue weighted by Gasteiger charge is 2.45. The van der Waals surface area contributed by atoms with Crippen molar-refractivity contribution in [1.29, 1.82) is 5.26 Å². The van der Waals surface area contributed by atoms with E-state index in [-0.39, 0.29) is 28.5 Å². The lowest BCUT2D eigenvalue weighted by Gasteiger charge is -2.37. The van der Waals surface area contributed by atoms with Crippen LogP contribution >= 0.6 is 0 Å². The van der Waals surface area contributed by atoms with E-state index in [9.17, 15) is 14.0 Å². The molecule has 0 N–H and O–H groups in total. The van der Waals surface area contributed by atoms with Gasteiger partial charge in [-0.3, -0.25) is 9.59 Å². The lowest BCUT2D eigenvalue weighted by Crippen LogP contribution is -2.47. The molecule has 2 fully saturated rings. The van der Waals surface area contributed by atoms with Crippen LogP contribution in [0.2, 0.25) is 0 Å². The van der Waals surface area contributed by atoms with Gasteiger partial charge in [0.25, 0.3) is 0 Å². The van der Waals surface area contributed by atoms with Gasteiger partial charge in [0.2, 0.25) is 11.8 Å². The van der Waals surface area contributed by atoms with Crippen molar-refractivity contribution >= 4 is 17.5 Å². The molecular formula is C16H15FN2O2. The molecule has 0 aromatic heterocycles. The minimum absolute atomic E-state index is 0.0446. The van der Waals surface area contributed by atoms with E-state index < -0.39 is 5.82 Å². The Labute approximate surface area is 122 Å². The summed E-state index contributed by atoms with van der Waals surface area (Å²) in [6.45, 7) is 0. The Morgan fingerprint density at radius 2 is 1.76 bits per heavy atom. The highest BCUT2D eigenvalue weighted by molar-refractivity contribution is 6.17. The van der Waals surface area contributed by atoms with Gasteiger partial charge in [0.05, 0.1) is 17.3 Å². The quantitative estimate of drug-likeness (QED) is 0.746. The zero-order chi connectivity index (χ0) is 15.0. The highest BCUT2D eigenvalue weighted by Crippen LogP contribution is 2.47. The Morgan fingerprint density at radius 1 is 1.14 bits per heavy atom. The van der Waals surface area contributed by atoms with Crippen molar-refractivity contribution in [2.24, 2.45) is 5.41 Å². The van der Waals surface area contributed by atoms with Crippen LogP contribution in [-0.4, -0.2) is 11.8 Å². The standard InChI is InChI=1S/C16H15FN2O2/c17-12-7-11(10-18)3-4-13(12)19-14(20)8-16(9-15(19)21)5-1-2-6-16/h3-4,7H,1-2,5-6,8-9H2. The van der Waals surface area contributed by atoms with Gasteiger partial charge >= 0.3 is 0 Å². The molecule has 21 heavy (non-hydrogen) atoms. The Morgan fingerprint density at radius 3 is 2.29 bits per heavy atom. The summed E-state index contributed by atoms with van der Waals surface area (Å²) in [6, 6.07) is 5.63. The van der Waals surface area contributed by atoms with Crippen molar-refractivity contribution in [2.75, 3.05) is 4.90 Å². The third-order valence-corrected chi connectivity index (χ3v) is 4.53.